The van der Waals surface area contributed by atoms with Gasteiger partial charge in [0.2, 0.25) is 5.91 Å². The van der Waals surface area contributed by atoms with E-state index in [0.29, 0.717) is 16.8 Å². The van der Waals surface area contributed by atoms with Gasteiger partial charge in [-0.15, -0.1) is 11.3 Å². The van der Waals surface area contributed by atoms with Crippen LogP contribution in [0.1, 0.15) is 18.7 Å². The van der Waals surface area contributed by atoms with Gasteiger partial charge in [-0.25, -0.2) is 4.68 Å². The third-order valence-electron chi connectivity index (χ3n) is 4.69. The highest BCUT2D eigenvalue weighted by molar-refractivity contribution is 7.26. The van der Waals surface area contributed by atoms with Crippen LogP contribution >= 0.6 is 11.3 Å². The Morgan fingerprint density at radius 2 is 2.00 bits per heavy atom. The van der Waals surface area contributed by atoms with Crippen molar-refractivity contribution in [1.29, 1.82) is 0 Å². The van der Waals surface area contributed by atoms with Crippen molar-refractivity contribution in [3.63, 3.8) is 0 Å². The summed E-state index contributed by atoms with van der Waals surface area (Å²) in [5, 5.41) is 8.76. The van der Waals surface area contributed by atoms with Gasteiger partial charge in [-0.2, -0.15) is 5.10 Å². The van der Waals surface area contributed by atoms with E-state index in [1.165, 1.54) is 4.68 Å². The summed E-state index contributed by atoms with van der Waals surface area (Å²) >= 11 is 1.55. The van der Waals surface area contributed by atoms with Gasteiger partial charge in [-0.3, -0.25) is 9.59 Å². The van der Waals surface area contributed by atoms with E-state index in [9.17, 15) is 9.59 Å². The molecule has 4 rings (SSSR count). The summed E-state index contributed by atoms with van der Waals surface area (Å²) in [6.07, 6.45) is 0. The Balaban J connectivity index is 1.75. The molecule has 2 aromatic carbocycles. The number of aryl methyl sites for hydroxylation is 1. The third kappa shape index (κ3) is 3.03. The predicted molar refractivity (Wildman–Crippen MR) is 112 cm³/mol. The largest absolute Gasteiger partial charge is 0.497 e. The summed E-state index contributed by atoms with van der Waals surface area (Å²) in [7, 11) is 1.57. The van der Waals surface area contributed by atoms with Gasteiger partial charge in [-0.1, -0.05) is 24.3 Å². The van der Waals surface area contributed by atoms with E-state index in [4.69, 9.17) is 4.74 Å². The molecule has 6 nitrogen and oxygen atoms in total. The number of thiophene rings is 1. The molecule has 0 aliphatic carbocycles. The Labute approximate surface area is 165 Å². The molecule has 7 heteroatoms. The maximum absolute atomic E-state index is 13.2. The predicted octanol–water partition coefficient (Wildman–Crippen LogP) is 4.13. The van der Waals surface area contributed by atoms with Gasteiger partial charge in [0.15, 0.2) is 0 Å². The van der Waals surface area contributed by atoms with Crippen LogP contribution in [0.2, 0.25) is 0 Å². The lowest BCUT2D eigenvalue weighted by molar-refractivity contribution is -0.119. The number of aromatic nitrogens is 2. The maximum Gasteiger partial charge on any atom is 0.276 e. The third-order valence-corrected chi connectivity index (χ3v) is 5.97. The van der Waals surface area contributed by atoms with Crippen LogP contribution in [0.15, 0.2) is 53.3 Å². The number of nitrogens with one attached hydrogen (secondary N) is 1. The lowest BCUT2D eigenvalue weighted by Crippen LogP contribution is -2.33. The zero-order valence-electron chi connectivity index (χ0n) is 15.7. The fourth-order valence-electron chi connectivity index (χ4n) is 3.20. The topological polar surface area (TPSA) is 73.2 Å². The SMILES string of the molecule is COc1cccc(NC(=O)[C@@H](C)n2nc(C)c3sc4ccccc4c3c2=O)c1. The van der Waals surface area contributed by atoms with Crippen LogP contribution in [-0.4, -0.2) is 22.8 Å². The molecule has 0 aliphatic heterocycles. The van der Waals surface area contributed by atoms with E-state index in [1.54, 1.807) is 49.6 Å². The fourth-order valence-corrected chi connectivity index (χ4v) is 4.34. The molecule has 0 radical (unpaired) electrons. The molecular formula is C21H19N3O3S. The minimum Gasteiger partial charge on any atom is -0.497 e. The maximum atomic E-state index is 13.2. The number of ether oxygens (including phenoxy) is 1. The second kappa shape index (κ2) is 7.09. The van der Waals surface area contributed by atoms with Crippen molar-refractivity contribution in [3.05, 3.63) is 64.6 Å². The smallest absolute Gasteiger partial charge is 0.276 e. The summed E-state index contributed by atoms with van der Waals surface area (Å²) in [5.74, 6) is 0.323. The average Bonchev–Trinajstić information content (AvgIpc) is 3.11. The highest BCUT2D eigenvalue weighted by atomic mass is 32.1. The number of carbonyl (C=O) groups is 1. The van der Waals surface area contributed by atoms with Crippen molar-refractivity contribution < 1.29 is 9.53 Å². The van der Waals surface area contributed by atoms with Crippen molar-refractivity contribution in [2.24, 2.45) is 0 Å². The van der Waals surface area contributed by atoms with Crippen LogP contribution in [0.5, 0.6) is 5.75 Å². The molecule has 0 unspecified atom stereocenters. The molecule has 2 aromatic heterocycles. The molecule has 1 amide bonds. The molecule has 0 aliphatic rings. The van der Waals surface area contributed by atoms with Gasteiger partial charge in [0.25, 0.3) is 5.56 Å². The first-order valence-corrected chi connectivity index (χ1v) is 9.67. The van der Waals surface area contributed by atoms with Crippen molar-refractivity contribution in [2.45, 2.75) is 19.9 Å². The van der Waals surface area contributed by atoms with Crippen LogP contribution in [0.4, 0.5) is 5.69 Å². The van der Waals surface area contributed by atoms with Crippen LogP contribution in [-0.2, 0) is 4.79 Å². The van der Waals surface area contributed by atoms with E-state index in [0.717, 1.165) is 20.5 Å². The number of amides is 1. The summed E-state index contributed by atoms with van der Waals surface area (Å²) < 4.78 is 8.35. The van der Waals surface area contributed by atoms with Gasteiger partial charge in [-0.05, 0) is 32.0 Å². The second-order valence-electron chi connectivity index (χ2n) is 6.53. The van der Waals surface area contributed by atoms with Gasteiger partial charge in [0.05, 0.1) is 22.9 Å². The second-order valence-corrected chi connectivity index (χ2v) is 7.59. The van der Waals surface area contributed by atoms with Crippen LogP contribution in [0.3, 0.4) is 0 Å². The van der Waals surface area contributed by atoms with Crippen molar-refractivity contribution >= 4 is 43.1 Å². The molecule has 0 spiro atoms. The molecule has 4 aromatic rings. The number of methoxy groups -OCH3 is 1. The highest BCUT2D eigenvalue weighted by Crippen LogP contribution is 2.33. The normalized spacial score (nSPS) is 12.2. The van der Waals surface area contributed by atoms with Crippen molar-refractivity contribution in [1.82, 2.24) is 9.78 Å². The van der Waals surface area contributed by atoms with E-state index < -0.39 is 6.04 Å². The number of anilines is 1. The molecule has 0 saturated heterocycles. The monoisotopic (exact) mass is 393 g/mol. The molecule has 1 atom stereocenters. The van der Waals surface area contributed by atoms with Crippen molar-refractivity contribution in [2.75, 3.05) is 12.4 Å². The quantitative estimate of drug-likeness (QED) is 0.566. The molecular weight excluding hydrogens is 374 g/mol. The Morgan fingerprint density at radius 1 is 1.21 bits per heavy atom. The number of hydrogen-bond acceptors (Lipinski definition) is 5. The molecule has 142 valence electrons. The minimum atomic E-state index is -0.763. The number of carbonyl (C=O) groups excluding carboxylic acids is 1. The number of rotatable bonds is 4. The molecule has 0 fully saturated rings. The van der Waals surface area contributed by atoms with E-state index in [1.807, 2.05) is 31.2 Å². The first kappa shape index (κ1) is 18.2. The number of nitrogens with zero attached hydrogens (tertiary/aromatic N) is 2. The summed E-state index contributed by atoms with van der Waals surface area (Å²) in [5.41, 5.74) is 1.08. The first-order valence-electron chi connectivity index (χ1n) is 8.85. The van der Waals surface area contributed by atoms with Crippen LogP contribution in [0, 0.1) is 6.92 Å². The van der Waals surface area contributed by atoms with Gasteiger partial charge >= 0.3 is 0 Å². The van der Waals surface area contributed by atoms with Crippen molar-refractivity contribution in [3.8, 4) is 5.75 Å². The zero-order valence-corrected chi connectivity index (χ0v) is 16.5. The van der Waals surface area contributed by atoms with E-state index in [2.05, 4.69) is 10.4 Å². The average molecular weight is 393 g/mol. The lowest BCUT2D eigenvalue weighted by Gasteiger charge is -2.15. The Morgan fingerprint density at radius 3 is 2.79 bits per heavy atom. The van der Waals surface area contributed by atoms with E-state index in [-0.39, 0.29) is 11.5 Å². The summed E-state index contributed by atoms with van der Waals surface area (Å²) in [6, 6.07) is 14.1. The number of fused-ring (bicyclic) bond motifs is 3. The number of benzene rings is 2. The Kier molecular flexibility index (Phi) is 4.60. The summed E-state index contributed by atoms with van der Waals surface area (Å²) in [4.78, 5) is 25.9. The Bertz CT molecular complexity index is 1260. The molecule has 1 N–H and O–H groups in total. The fraction of sp³-hybridized carbons (Fsp3) is 0.190. The summed E-state index contributed by atoms with van der Waals surface area (Å²) in [6.45, 7) is 3.53. The minimum absolute atomic E-state index is 0.258. The molecule has 2 heterocycles. The molecule has 0 saturated carbocycles. The molecule has 0 bridgehead atoms. The van der Waals surface area contributed by atoms with E-state index >= 15 is 0 Å². The number of hydrogen-bond donors (Lipinski definition) is 1. The Hall–Kier alpha value is -3.19. The van der Waals surface area contributed by atoms with Gasteiger partial charge in [0, 0.05) is 21.8 Å². The molecule has 28 heavy (non-hydrogen) atoms. The van der Waals surface area contributed by atoms with Gasteiger partial charge in [0.1, 0.15) is 11.8 Å². The van der Waals surface area contributed by atoms with Crippen LogP contribution in [0.25, 0.3) is 20.2 Å². The highest BCUT2D eigenvalue weighted by Gasteiger charge is 2.22. The first-order chi connectivity index (χ1) is 13.5. The van der Waals surface area contributed by atoms with Gasteiger partial charge < -0.3 is 10.1 Å². The lowest BCUT2D eigenvalue weighted by atomic mass is 10.2. The zero-order chi connectivity index (χ0) is 19.8. The van der Waals surface area contributed by atoms with Crippen LogP contribution < -0.4 is 15.6 Å². The standard InChI is InChI=1S/C21H19N3O3S/c1-12-19-18(16-9-4-5-10-17(16)28-19)21(26)24(23-12)13(2)20(25)22-14-7-6-8-15(11-14)27-3/h4-11,13H,1-3H3,(H,22,25)/t13-/m1/s1.